The molecule has 1 atom stereocenters. The van der Waals surface area contributed by atoms with Gasteiger partial charge in [0, 0.05) is 25.9 Å². The van der Waals surface area contributed by atoms with Crippen molar-refractivity contribution in [2.24, 2.45) is 0 Å². The van der Waals surface area contributed by atoms with Gasteiger partial charge in [-0.15, -0.1) is 0 Å². The molecule has 1 aliphatic rings. The molecular formula is C16H25N3O3. The van der Waals surface area contributed by atoms with E-state index >= 15 is 0 Å². The van der Waals surface area contributed by atoms with Gasteiger partial charge in [0.25, 0.3) is 5.91 Å². The Labute approximate surface area is 131 Å². The van der Waals surface area contributed by atoms with E-state index in [1.165, 1.54) is 0 Å². The van der Waals surface area contributed by atoms with Gasteiger partial charge in [-0.3, -0.25) is 4.79 Å². The molecule has 6 heteroatoms. The van der Waals surface area contributed by atoms with Crippen molar-refractivity contribution in [3.8, 4) is 5.88 Å². The fourth-order valence-electron chi connectivity index (χ4n) is 2.62. The van der Waals surface area contributed by atoms with Gasteiger partial charge in [-0.05, 0) is 38.1 Å². The lowest BCUT2D eigenvalue weighted by molar-refractivity contribution is 0.0897. The van der Waals surface area contributed by atoms with Crippen LogP contribution in [0.5, 0.6) is 5.88 Å². The normalized spacial score (nSPS) is 18.9. The maximum absolute atomic E-state index is 12.5. The fourth-order valence-corrected chi connectivity index (χ4v) is 2.62. The van der Waals surface area contributed by atoms with Crippen molar-refractivity contribution in [2.45, 2.75) is 25.8 Å². The lowest BCUT2D eigenvalue weighted by atomic mass is 10.1. The highest BCUT2D eigenvalue weighted by Gasteiger charge is 2.22. The summed E-state index contributed by atoms with van der Waals surface area (Å²) in [5.74, 6) is 0.240. The Morgan fingerprint density at radius 1 is 1.50 bits per heavy atom. The van der Waals surface area contributed by atoms with Crippen LogP contribution < -0.4 is 10.1 Å². The predicted molar refractivity (Wildman–Crippen MR) is 84.2 cm³/mol. The number of nitrogens with zero attached hydrogens (tertiary/aromatic N) is 2. The second-order valence-corrected chi connectivity index (χ2v) is 5.40. The average molecular weight is 307 g/mol. The van der Waals surface area contributed by atoms with Crippen LogP contribution in [0.2, 0.25) is 0 Å². The molecule has 1 unspecified atom stereocenters. The minimum atomic E-state index is -0.122. The van der Waals surface area contributed by atoms with Crippen LogP contribution in [0.15, 0.2) is 18.3 Å². The number of hydrogen-bond donors (Lipinski definition) is 1. The first-order valence-corrected chi connectivity index (χ1v) is 7.84. The third kappa shape index (κ3) is 4.68. The first kappa shape index (κ1) is 16.7. The molecule has 0 bridgehead atoms. The summed E-state index contributed by atoms with van der Waals surface area (Å²) >= 11 is 0. The van der Waals surface area contributed by atoms with E-state index in [0.717, 1.165) is 32.5 Å². The van der Waals surface area contributed by atoms with E-state index in [1.54, 1.807) is 25.4 Å². The Bertz CT molecular complexity index is 481. The van der Waals surface area contributed by atoms with E-state index in [0.29, 0.717) is 24.7 Å². The number of hydrogen-bond acceptors (Lipinski definition) is 5. The van der Waals surface area contributed by atoms with Gasteiger partial charge in [0.2, 0.25) is 5.88 Å². The topological polar surface area (TPSA) is 63.7 Å². The van der Waals surface area contributed by atoms with Gasteiger partial charge >= 0.3 is 0 Å². The quantitative estimate of drug-likeness (QED) is 0.770. The number of rotatable bonds is 7. The van der Waals surface area contributed by atoms with Crippen molar-refractivity contribution in [3.63, 3.8) is 0 Å². The second kappa shape index (κ2) is 8.70. The predicted octanol–water partition coefficient (Wildman–Crippen LogP) is 1.32. The number of methoxy groups -OCH3 is 1. The maximum atomic E-state index is 12.5. The molecule has 1 aliphatic heterocycles. The number of likely N-dealkylation sites (N-methyl/N-ethyl adjacent to an activating group) is 1. The van der Waals surface area contributed by atoms with E-state index in [9.17, 15) is 4.79 Å². The molecule has 2 heterocycles. The van der Waals surface area contributed by atoms with E-state index in [1.807, 2.05) is 0 Å². The zero-order valence-corrected chi connectivity index (χ0v) is 13.4. The van der Waals surface area contributed by atoms with Crippen LogP contribution >= 0.6 is 0 Å². The van der Waals surface area contributed by atoms with Crippen LogP contribution in [0.3, 0.4) is 0 Å². The molecule has 0 spiro atoms. The van der Waals surface area contributed by atoms with Crippen LogP contribution in [0.25, 0.3) is 0 Å². The minimum absolute atomic E-state index is 0.122. The number of carbonyl (C=O) groups excluding carboxylic acids is 1. The van der Waals surface area contributed by atoms with E-state index in [2.05, 4.69) is 22.1 Å². The Kier molecular flexibility index (Phi) is 6.61. The lowest BCUT2D eigenvalue weighted by Gasteiger charge is -2.32. The van der Waals surface area contributed by atoms with Gasteiger partial charge in [-0.25, -0.2) is 4.98 Å². The van der Waals surface area contributed by atoms with Crippen LogP contribution in [0.4, 0.5) is 0 Å². The number of amides is 1. The molecule has 1 N–H and O–H groups in total. The molecule has 122 valence electrons. The highest BCUT2D eigenvalue weighted by atomic mass is 16.5. The summed E-state index contributed by atoms with van der Waals surface area (Å²) in [5.41, 5.74) is 0.479. The van der Waals surface area contributed by atoms with Crippen molar-refractivity contribution in [1.82, 2.24) is 15.2 Å². The molecule has 6 nitrogen and oxygen atoms in total. The number of ether oxygens (including phenoxy) is 2. The SMILES string of the molecule is CCN1CCCC(NC(=O)c2cccnc2OCCOC)C1. The van der Waals surface area contributed by atoms with Crippen molar-refractivity contribution in [2.75, 3.05) is 40.0 Å². The van der Waals surface area contributed by atoms with E-state index in [4.69, 9.17) is 9.47 Å². The maximum Gasteiger partial charge on any atom is 0.257 e. The molecule has 1 aromatic rings. The van der Waals surface area contributed by atoms with Crippen LogP contribution in [0.1, 0.15) is 30.1 Å². The number of aromatic nitrogens is 1. The third-order valence-electron chi connectivity index (χ3n) is 3.83. The molecule has 0 radical (unpaired) electrons. The van der Waals surface area contributed by atoms with Crippen LogP contribution in [0, 0.1) is 0 Å². The van der Waals surface area contributed by atoms with Crippen molar-refractivity contribution < 1.29 is 14.3 Å². The first-order chi connectivity index (χ1) is 10.7. The summed E-state index contributed by atoms with van der Waals surface area (Å²) < 4.78 is 10.5. The Morgan fingerprint density at radius 3 is 3.14 bits per heavy atom. The van der Waals surface area contributed by atoms with Crippen LogP contribution in [-0.2, 0) is 4.74 Å². The number of likely N-dealkylation sites (tertiary alicyclic amines) is 1. The molecule has 2 rings (SSSR count). The summed E-state index contributed by atoms with van der Waals surface area (Å²) in [6.07, 6.45) is 3.75. The first-order valence-electron chi connectivity index (χ1n) is 7.84. The number of carbonyl (C=O) groups is 1. The number of nitrogens with one attached hydrogen (secondary N) is 1. The Morgan fingerprint density at radius 2 is 2.36 bits per heavy atom. The molecule has 0 aromatic carbocycles. The average Bonchev–Trinajstić information content (AvgIpc) is 2.55. The smallest absolute Gasteiger partial charge is 0.257 e. The highest BCUT2D eigenvalue weighted by Crippen LogP contribution is 2.16. The molecule has 1 aromatic heterocycles. The molecule has 1 fully saturated rings. The van der Waals surface area contributed by atoms with Crippen molar-refractivity contribution >= 4 is 5.91 Å². The molecule has 0 aliphatic carbocycles. The second-order valence-electron chi connectivity index (χ2n) is 5.40. The molecule has 1 amide bonds. The summed E-state index contributed by atoms with van der Waals surface area (Å²) in [5, 5.41) is 3.10. The minimum Gasteiger partial charge on any atom is -0.475 e. The summed E-state index contributed by atoms with van der Waals surface area (Å²) in [6.45, 7) is 6.02. The zero-order valence-electron chi connectivity index (χ0n) is 13.4. The standard InChI is InChI=1S/C16H25N3O3/c1-3-19-9-5-6-13(12-19)18-15(20)14-7-4-8-17-16(14)22-11-10-21-2/h4,7-8,13H,3,5-6,9-12H2,1-2H3,(H,18,20). The summed E-state index contributed by atoms with van der Waals surface area (Å²) in [6, 6.07) is 3.68. The lowest BCUT2D eigenvalue weighted by Crippen LogP contribution is -2.47. The fraction of sp³-hybridized carbons (Fsp3) is 0.625. The Hall–Kier alpha value is -1.66. The largest absolute Gasteiger partial charge is 0.475 e. The Balaban J connectivity index is 1.96. The van der Waals surface area contributed by atoms with Gasteiger partial charge in [-0.1, -0.05) is 6.92 Å². The van der Waals surface area contributed by atoms with Gasteiger partial charge in [0.15, 0.2) is 0 Å². The molecule has 0 saturated carbocycles. The molecule has 1 saturated heterocycles. The third-order valence-corrected chi connectivity index (χ3v) is 3.83. The van der Waals surface area contributed by atoms with Crippen LogP contribution in [-0.4, -0.2) is 61.8 Å². The molecular weight excluding hydrogens is 282 g/mol. The van der Waals surface area contributed by atoms with Gasteiger partial charge in [0.05, 0.1) is 6.61 Å². The molecule has 22 heavy (non-hydrogen) atoms. The van der Waals surface area contributed by atoms with Gasteiger partial charge in [-0.2, -0.15) is 0 Å². The van der Waals surface area contributed by atoms with Crippen molar-refractivity contribution in [3.05, 3.63) is 23.9 Å². The summed E-state index contributed by atoms with van der Waals surface area (Å²) in [7, 11) is 1.61. The summed E-state index contributed by atoms with van der Waals surface area (Å²) in [4.78, 5) is 19.0. The zero-order chi connectivity index (χ0) is 15.8. The van der Waals surface area contributed by atoms with E-state index in [-0.39, 0.29) is 11.9 Å². The highest BCUT2D eigenvalue weighted by molar-refractivity contribution is 5.96. The van der Waals surface area contributed by atoms with Gasteiger partial charge in [0.1, 0.15) is 12.2 Å². The monoisotopic (exact) mass is 307 g/mol. The number of piperidine rings is 1. The van der Waals surface area contributed by atoms with Crippen molar-refractivity contribution in [1.29, 1.82) is 0 Å². The number of pyridine rings is 1. The van der Waals surface area contributed by atoms with Gasteiger partial charge < -0.3 is 19.7 Å². The van der Waals surface area contributed by atoms with E-state index < -0.39 is 0 Å².